The zero-order valence-electron chi connectivity index (χ0n) is 16.8. The number of likely N-dealkylation sites (N-methyl/N-ethyl adjacent to an activating group) is 1. The second-order valence-corrected chi connectivity index (χ2v) is 7.44. The molecule has 0 radical (unpaired) electrons. The third-order valence-corrected chi connectivity index (χ3v) is 5.39. The van der Waals surface area contributed by atoms with Crippen LogP contribution in [0.25, 0.3) is 0 Å². The minimum atomic E-state index is -4.59. The summed E-state index contributed by atoms with van der Waals surface area (Å²) in [6, 6.07) is 4.27. The molecule has 6 nitrogen and oxygen atoms in total. The van der Waals surface area contributed by atoms with Crippen molar-refractivity contribution in [2.24, 2.45) is 0 Å². The number of hydrogen-bond donors (Lipinski definition) is 2. The summed E-state index contributed by atoms with van der Waals surface area (Å²) in [4.78, 5) is 25.9. The summed E-state index contributed by atoms with van der Waals surface area (Å²) in [6.45, 7) is -0.376. The maximum Gasteiger partial charge on any atom is 0.405 e. The average molecular weight is 428 g/mol. The minimum Gasteiger partial charge on any atom is -0.376 e. The van der Waals surface area contributed by atoms with E-state index in [4.69, 9.17) is 0 Å². The van der Waals surface area contributed by atoms with Gasteiger partial charge in [0.25, 0.3) is 5.91 Å². The van der Waals surface area contributed by atoms with Crippen molar-refractivity contribution in [2.45, 2.75) is 50.7 Å². The molecule has 0 atom stereocenters. The second-order valence-electron chi connectivity index (χ2n) is 7.44. The highest BCUT2D eigenvalue weighted by Gasteiger charge is 2.38. The number of benzene rings is 1. The third-order valence-electron chi connectivity index (χ3n) is 5.39. The summed E-state index contributed by atoms with van der Waals surface area (Å²) >= 11 is 0. The van der Waals surface area contributed by atoms with Crippen molar-refractivity contribution in [2.75, 3.05) is 25.5 Å². The summed E-state index contributed by atoms with van der Waals surface area (Å²) in [5, 5.41) is 14.0. The van der Waals surface area contributed by atoms with Crippen LogP contribution >= 0.6 is 0 Å². The molecular weight excluding hydrogens is 404 g/mol. The van der Waals surface area contributed by atoms with Crippen LogP contribution in [-0.2, 0) is 4.79 Å². The predicted octanol–water partition coefficient (Wildman–Crippen LogP) is 3.52. The van der Waals surface area contributed by atoms with E-state index in [2.05, 4.69) is 11.4 Å². The summed E-state index contributed by atoms with van der Waals surface area (Å²) in [6.07, 6.45) is -0.739. The molecule has 0 spiro atoms. The lowest BCUT2D eigenvalue weighted by Crippen LogP contribution is -2.51. The summed E-state index contributed by atoms with van der Waals surface area (Å²) in [7, 11) is 1.55. The number of anilines is 1. The van der Waals surface area contributed by atoms with Crippen LogP contribution in [0.5, 0.6) is 0 Å². The van der Waals surface area contributed by atoms with Gasteiger partial charge in [-0.3, -0.25) is 9.59 Å². The first-order valence-electron chi connectivity index (χ1n) is 9.56. The quantitative estimate of drug-likeness (QED) is 0.679. The van der Waals surface area contributed by atoms with E-state index in [-0.39, 0.29) is 29.3 Å². The Morgan fingerprint density at radius 3 is 2.43 bits per heavy atom. The standard InChI is InChI=1S/C20H24F4N4O2/c1-13-15(21)8-14(18(30)27-12-20(22,23)24)9-16(13)26-10-17(29)28(2)19(11-25)6-4-3-5-7-19/h8-9,26H,3-7,10,12H2,1-2H3,(H,27,30). The van der Waals surface area contributed by atoms with Crippen LogP contribution in [0.1, 0.15) is 48.0 Å². The van der Waals surface area contributed by atoms with Gasteiger partial charge >= 0.3 is 6.18 Å². The van der Waals surface area contributed by atoms with Crippen molar-refractivity contribution in [3.63, 3.8) is 0 Å². The molecule has 1 aromatic rings. The first kappa shape index (κ1) is 23.4. The van der Waals surface area contributed by atoms with Gasteiger partial charge in [-0.1, -0.05) is 19.3 Å². The van der Waals surface area contributed by atoms with Gasteiger partial charge in [0.15, 0.2) is 0 Å². The van der Waals surface area contributed by atoms with E-state index >= 15 is 0 Å². The first-order chi connectivity index (χ1) is 14.0. The molecule has 0 aromatic heterocycles. The molecule has 1 aliphatic carbocycles. The van der Waals surface area contributed by atoms with E-state index < -0.39 is 30.0 Å². The molecule has 2 rings (SSSR count). The van der Waals surface area contributed by atoms with Crippen molar-refractivity contribution in [3.8, 4) is 6.07 Å². The van der Waals surface area contributed by atoms with Crippen molar-refractivity contribution >= 4 is 17.5 Å². The van der Waals surface area contributed by atoms with Gasteiger partial charge in [-0.2, -0.15) is 18.4 Å². The van der Waals surface area contributed by atoms with Gasteiger partial charge < -0.3 is 15.5 Å². The number of nitriles is 1. The largest absolute Gasteiger partial charge is 0.405 e. The Bertz CT molecular complexity index is 842. The number of carbonyl (C=O) groups is 2. The normalized spacial score (nSPS) is 15.8. The number of rotatable bonds is 6. The van der Waals surface area contributed by atoms with Gasteiger partial charge in [0.2, 0.25) is 5.91 Å². The average Bonchev–Trinajstić information content (AvgIpc) is 2.71. The van der Waals surface area contributed by atoms with Gasteiger partial charge in [-0.15, -0.1) is 0 Å². The van der Waals surface area contributed by atoms with Crippen LogP contribution in [0.2, 0.25) is 0 Å². The highest BCUT2D eigenvalue weighted by molar-refractivity contribution is 5.95. The van der Waals surface area contributed by atoms with E-state index in [9.17, 15) is 32.4 Å². The maximum absolute atomic E-state index is 14.2. The van der Waals surface area contributed by atoms with Crippen molar-refractivity contribution < 1.29 is 27.2 Å². The van der Waals surface area contributed by atoms with Gasteiger partial charge in [0, 0.05) is 23.9 Å². The van der Waals surface area contributed by atoms with Crippen LogP contribution in [0.3, 0.4) is 0 Å². The Labute approximate surface area is 172 Å². The zero-order chi connectivity index (χ0) is 22.5. The SMILES string of the molecule is Cc1c(F)cc(C(=O)NCC(F)(F)F)cc1NCC(=O)N(C)C1(C#N)CCCCC1. The lowest BCUT2D eigenvalue weighted by molar-refractivity contribution is -0.132. The van der Waals surface area contributed by atoms with E-state index in [0.717, 1.165) is 25.3 Å². The molecule has 30 heavy (non-hydrogen) atoms. The van der Waals surface area contributed by atoms with E-state index in [0.29, 0.717) is 12.8 Å². The van der Waals surface area contributed by atoms with Gasteiger partial charge in [-0.25, -0.2) is 4.39 Å². The summed E-state index contributed by atoms with van der Waals surface area (Å²) in [5.41, 5.74) is -0.947. The number of amides is 2. The molecule has 1 saturated carbocycles. The lowest BCUT2D eigenvalue weighted by atomic mass is 9.81. The second kappa shape index (κ2) is 9.32. The van der Waals surface area contributed by atoms with E-state index in [1.807, 2.05) is 0 Å². The van der Waals surface area contributed by atoms with Gasteiger partial charge in [0.05, 0.1) is 12.6 Å². The monoisotopic (exact) mass is 428 g/mol. The molecule has 1 fully saturated rings. The number of hydrogen-bond acceptors (Lipinski definition) is 4. The molecule has 0 bridgehead atoms. The van der Waals surface area contributed by atoms with Crippen molar-refractivity contribution in [1.29, 1.82) is 5.26 Å². The van der Waals surface area contributed by atoms with Crippen molar-refractivity contribution in [1.82, 2.24) is 10.2 Å². The fraction of sp³-hybridized carbons (Fsp3) is 0.550. The molecule has 164 valence electrons. The Morgan fingerprint density at radius 1 is 1.23 bits per heavy atom. The maximum atomic E-state index is 14.2. The number of halogens is 4. The third kappa shape index (κ3) is 5.62. The molecular formula is C20H24F4N4O2. The lowest BCUT2D eigenvalue weighted by Gasteiger charge is -2.39. The molecule has 0 saturated heterocycles. The van der Waals surface area contributed by atoms with E-state index in [1.165, 1.54) is 17.9 Å². The van der Waals surface area contributed by atoms with Gasteiger partial charge in [0.1, 0.15) is 17.9 Å². The summed E-state index contributed by atoms with van der Waals surface area (Å²) in [5.74, 6) is -2.26. The van der Waals surface area contributed by atoms with Gasteiger partial charge in [-0.05, 0) is 31.9 Å². The summed E-state index contributed by atoms with van der Waals surface area (Å²) < 4.78 is 51.0. The Kier molecular flexibility index (Phi) is 7.29. The molecule has 1 aliphatic rings. The number of alkyl halides is 3. The molecule has 0 aliphatic heterocycles. The Hall–Kier alpha value is -2.83. The van der Waals surface area contributed by atoms with Crippen LogP contribution in [0.15, 0.2) is 12.1 Å². The molecule has 0 unspecified atom stereocenters. The number of carbonyl (C=O) groups excluding carboxylic acids is 2. The van der Waals surface area contributed by atoms with Crippen LogP contribution < -0.4 is 10.6 Å². The van der Waals surface area contributed by atoms with E-state index in [1.54, 1.807) is 12.4 Å². The van der Waals surface area contributed by atoms with Crippen LogP contribution in [0.4, 0.5) is 23.2 Å². The fourth-order valence-electron chi connectivity index (χ4n) is 3.46. The zero-order valence-corrected chi connectivity index (χ0v) is 16.8. The Morgan fingerprint density at radius 2 is 1.87 bits per heavy atom. The highest BCUT2D eigenvalue weighted by atomic mass is 19.4. The highest BCUT2D eigenvalue weighted by Crippen LogP contribution is 2.32. The topological polar surface area (TPSA) is 85.2 Å². The Balaban J connectivity index is 2.10. The van der Waals surface area contributed by atoms with Crippen molar-refractivity contribution in [3.05, 3.63) is 29.1 Å². The minimum absolute atomic E-state index is 0.114. The first-order valence-corrected chi connectivity index (χ1v) is 9.56. The molecule has 10 heteroatoms. The molecule has 1 aromatic carbocycles. The predicted molar refractivity (Wildman–Crippen MR) is 102 cm³/mol. The smallest absolute Gasteiger partial charge is 0.376 e. The van der Waals surface area contributed by atoms with Crippen LogP contribution in [0, 0.1) is 24.1 Å². The molecule has 2 N–H and O–H groups in total. The number of nitrogens with one attached hydrogen (secondary N) is 2. The molecule has 2 amide bonds. The van der Waals surface area contributed by atoms with Crippen LogP contribution in [-0.4, -0.2) is 48.6 Å². The fourth-order valence-corrected chi connectivity index (χ4v) is 3.46. The number of nitrogens with zero attached hydrogens (tertiary/aromatic N) is 2. The molecule has 0 heterocycles.